The van der Waals surface area contributed by atoms with E-state index in [9.17, 15) is 4.79 Å². The minimum atomic E-state index is -0.302. The van der Waals surface area contributed by atoms with Crippen molar-refractivity contribution in [1.82, 2.24) is 0 Å². The SMILES string of the molecule is CCOC(=O)c1ccc2ccc(Cl)cc2c1. The number of fused-ring (bicyclic) bond motifs is 1. The number of hydrogen-bond acceptors (Lipinski definition) is 2. The van der Waals surface area contributed by atoms with Crippen LogP contribution in [0, 0.1) is 0 Å². The lowest BCUT2D eigenvalue weighted by atomic mass is 10.1. The van der Waals surface area contributed by atoms with E-state index >= 15 is 0 Å². The summed E-state index contributed by atoms with van der Waals surface area (Å²) in [5.74, 6) is -0.302. The van der Waals surface area contributed by atoms with Crippen LogP contribution in [0.3, 0.4) is 0 Å². The maximum Gasteiger partial charge on any atom is 0.338 e. The van der Waals surface area contributed by atoms with Crippen LogP contribution < -0.4 is 0 Å². The first-order valence-corrected chi connectivity index (χ1v) is 5.45. The predicted molar refractivity (Wildman–Crippen MR) is 64.9 cm³/mol. The Bertz CT molecular complexity index is 534. The largest absolute Gasteiger partial charge is 0.462 e. The fraction of sp³-hybridized carbons (Fsp3) is 0.154. The molecular formula is C13H11ClO2. The normalized spacial score (nSPS) is 10.4. The summed E-state index contributed by atoms with van der Waals surface area (Å²) in [6.07, 6.45) is 0. The molecule has 0 heterocycles. The van der Waals surface area contributed by atoms with Gasteiger partial charge in [-0.15, -0.1) is 0 Å². The fourth-order valence-electron chi connectivity index (χ4n) is 1.56. The van der Waals surface area contributed by atoms with Gasteiger partial charge < -0.3 is 4.74 Å². The average molecular weight is 235 g/mol. The highest BCUT2D eigenvalue weighted by Gasteiger charge is 2.06. The summed E-state index contributed by atoms with van der Waals surface area (Å²) < 4.78 is 4.94. The number of halogens is 1. The molecule has 2 aromatic carbocycles. The van der Waals surface area contributed by atoms with Crippen LogP contribution in [0.2, 0.25) is 5.02 Å². The highest BCUT2D eigenvalue weighted by Crippen LogP contribution is 2.20. The summed E-state index contributed by atoms with van der Waals surface area (Å²) in [5, 5.41) is 2.66. The Morgan fingerprint density at radius 3 is 2.69 bits per heavy atom. The van der Waals surface area contributed by atoms with E-state index in [0.29, 0.717) is 17.2 Å². The molecule has 2 nitrogen and oxygen atoms in total. The Kier molecular flexibility index (Phi) is 3.11. The average Bonchev–Trinajstić information content (AvgIpc) is 2.28. The molecule has 2 aromatic rings. The summed E-state index contributed by atoms with van der Waals surface area (Å²) in [4.78, 5) is 11.5. The van der Waals surface area contributed by atoms with E-state index in [1.54, 1.807) is 19.1 Å². The maximum atomic E-state index is 11.5. The highest BCUT2D eigenvalue weighted by atomic mass is 35.5. The second-order valence-electron chi connectivity index (χ2n) is 3.43. The molecule has 0 amide bonds. The van der Waals surface area contributed by atoms with Gasteiger partial charge >= 0.3 is 5.97 Å². The second-order valence-corrected chi connectivity index (χ2v) is 3.86. The number of esters is 1. The molecule has 0 radical (unpaired) electrons. The molecule has 0 saturated heterocycles. The predicted octanol–water partition coefficient (Wildman–Crippen LogP) is 3.67. The number of carbonyl (C=O) groups is 1. The Morgan fingerprint density at radius 1 is 1.19 bits per heavy atom. The molecule has 0 fully saturated rings. The highest BCUT2D eigenvalue weighted by molar-refractivity contribution is 6.31. The van der Waals surface area contributed by atoms with Gasteiger partial charge in [0.05, 0.1) is 12.2 Å². The summed E-state index contributed by atoms with van der Waals surface area (Å²) in [7, 11) is 0. The van der Waals surface area contributed by atoms with Crippen LogP contribution >= 0.6 is 11.6 Å². The van der Waals surface area contributed by atoms with Crippen LogP contribution in [0.4, 0.5) is 0 Å². The number of benzene rings is 2. The minimum Gasteiger partial charge on any atom is -0.462 e. The molecule has 0 spiro atoms. The molecule has 82 valence electrons. The van der Waals surface area contributed by atoms with Crippen LogP contribution in [-0.2, 0) is 4.74 Å². The van der Waals surface area contributed by atoms with E-state index in [-0.39, 0.29) is 5.97 Å². The van der Waals surface area contributed by atoms with E-state index < -0.39 is 0 Å². The Balaban J connectivity index is 2.46. The van der Waals surface area contributed by atoms with Gasteiger partial charge in [0.2, 0.25) is 0 Å². The number of hydrogen-bond donors (Lipinski definition) is 0. The first-order valence-electron chi connectivity index (χ1n) is 5.07. The van der Waals surface area contributed by atoms with Gasteiger partial charge in [-0.2, -0.15) is 0 Å². The Hall–Kier alpha value is -1.54. The maximum absolute atomic E-state index is 11.5. The summed E-state index contributed by atoms with van der Waals surface area (Å²) >= 11 is 5.90. The lowest BCUT2D eigenvalue weighted by Gasteiger charge is -2.03. The molecule has 0 N–H and O–H groups in total. The van der Waals surface area contributed by atoms with E-state index in [2.05, 4.69) is 0 Å². The lowest BCUT2D eigenvalue weighted by molar-refractivity contribution is 0.0526. The van der Waals surface area contributed by atoms with Crippen LogP contribution in [0.15, 0.2) is 36.4 Å². The topological polar surface area (TPSA) is 26.3 Å². The molecule has 0 aromatic heterocycles. The fourth-order valence-corrected chi connectivity index (χ4v) is 1.74. The van der Waals surface area contributed by atoms with Crippen molar-refractivity contribution in [1.29, 1.82) is 0 Å². The zero-order chi connectivity index (χ0) is 11.5. The van der Waals surface area contributed by atoms with Crippen LogP contribution in [0.1, 0.15) is 17.3 Å². The van der Waals surface area contributed by atoms with Crippen LogP contribution in [0.25, 0.3) is 10.8 Å². The summed E-state index contributed by atoms with van der Waals surface area (Å²) in [5.41, 5.74) is 0.552. The first kappa shape index (κ1) is 11.0. The summed E-state index contributed by atoms with van der Waals surface area (Å²) in [6.45, 7) is 2.17. The monoisotopic (exact) mass is 234 g/mol. The van der Waals surface area contributed by atoms with Crippen molar-refractivity contribution in [3.05, 3.63) is 47.0 Å². The van der Waals surface area contributed by atoms with Gasteiger partial charge in [0.15, 0.2) is 0 Å². The van der Waals surface area contributed by atoms with E-state index in [0.717, 1.165) is 10.8 Å². The molecule has 3 heteroatoms. The standard InChI is InChI=1S/C13H11ClO2/c1-2-16-13(15)10-4-3-9-5-6-12(14)8-11(9)7-10/h3-8H,2H2,1H3. The summed E-state index contributed by atoms with van der Waals surface area (Å²) in [6, 6.07) is 11.0. The van der Waals surface area contributed by atoms with E-state index in [1.807, 2.05) is 24.3 Å². The third-order valence-electron chi connectivity index (χ3n) is 2.31. The Morgan fingerprint density at radius 2 is 1.94 bits per heavy atom. The molecule has 2 rings (SSSR count). The van der Waals surface area contributed by atoms with Gasteiger partial charge in [-0.3, -0.25) is 0 Å². The molecule has 0 bridgehead atoms. The molecule has 0 atom stereocenters. The van der Waals surface area contributed by atoms with Crippen molar-refractivity contribution in [3.8, 4) is 0 Å². The second kappa shape index (κ2) is 4.54. The lowest BCUT2D eigenvalue weighted by Crippen LogP contribution is -2.04. The van der Waals surface area contributed by atoms with Gasteiger partial charge in [0, 0.05) is 5.02 Å². The number of carbonyl (C=O) groups excluding carboxylic acids is 1. The molecule has 0 aliphatic carbocycles. The van der Waals surface area contributed by atoms with Gasteiger partial charge in [-0.1, -0.05) is 23.7 Å². The van der Waals surface area contributed by atoms with Gasteiger partial charge in [-0.05, 0) is 42.0 Å². The van der Waals surface area contributed by atoms with Crippen LogP contribution in [-0.4, -0.2) is 12.6 Å². The van der Waals surface area contributed by atoms with E-state index in [4.69, 9.17) is 16.3 Å². The first-order chi connectivity index (χ1) is 7.70. The molecule has 0 unspecified atom stereocenters. The molecule has 0 saturated carbocycles. The van der Waals surface area contributed by atoms with Gasteiger partial charge in [-0.25, -0.2) is 4.79 Å². The van der Waals surface area contributed by atoms with Crippen molar-refractivity contribution in [2.24, 2.45) is 0 Å². The number of ether oxygens (including phenoxy) is 1. The van der Waals surface area contributed by atoms with Crippen LogP contribution in [0.5, 0.6) is 0 Å². The molecule has 0 aliphatic rings. The van der Waals surface area contributed by atoms with Crippen molar-refractivity contribution in [2.75, 3.05) is 6.61 Å². The third-order valence-corrected chi connectivity index (χ3v) is 2.55. The van der Waals surface area contributed by atoms with Crippen molar-refractivity contribution in [2.45, 2.75) is 6.92 Å². The zero-order valence-electron chi connectivity index (χ0n) is 8.87. The smallest absolute Gasteiger partial charge is 0.338 e. The molecular weight excluding hydrogens is 224 g/mol. The molecule has 16 heavy (non-hydrogen) atoms. The molecule has 0 aliphatic heterocycles. The van der Waals surface area contributed by atoms with Crippen molar-refractivity contribution >= 4 is 28.3 Å². The minimum absolute atomic E-state index is 0.302. The quantitative estimate of drug-likeness (QED) is 0.741. The third kappa shape index (κ3) is 2.17. The van der Waals surface area contributed by atoms with Gasteiger partial charge in [0.1, 0.15) is 0 Å². The zero-order valence-corrected chi connectivity index (χ0v) is 9.62. The van der Waals surface area contributed by atoms with Gasteiger partial charge in [0.25, 0.3) is 0 Å². The Labute approximate surface area is 98.8 Å². The van der Waals surface area contributed by atoms with E-state index in [1.165, 1.54) is 0 Å². The van der Waals surface area contributed by atoms with Crippen molar-refractivity contribution in [3.63, 3.8) is 0 Å². The number of rotatable bonds is 2. The van der Waals surface area contributed by atoms with Crippen molar-refractivity contribution < 1.29 is 9.53 Å².